The van der Waals surface area contributed by atoms with Gasteiger partial charge in [0, 0.05) is 20.8 Å². The Kier molecular flexibility index (Phi) is 3.90. The van der Waals surface area contributed by atoms with Gasteiger partial charge in [0.2, 0.25) is 0 Å². The van der Waals surface area contributed by atoms with E-state index in [2.05, 4.69) is 26.2 Å². The standard InChI is InChI=1S/C15H12BrN3OS/c16-9-4-5-12-11(7-9)13(17)14(21-12)15(20)19-8-10-3-1-2-6-18-10/h1-7H,8,17H2,(H,19,20). The van der Waals surface area contributed by atoms with Crippen LogP contribution in [0.15, 0.2) is 47.1 Å². The minimum absolute atomic E-state index is 0.171. The molecule has 0 bridgehead atoms. The van der Waals surface area contributed by atoms with Gasteiger partial charge in [-0.3, -0.25) is 9.78 Å². The van der Waals surface area contributed by atoms with E-state index in [-0.39, 0.29) is 5.91 Å². The van der Waals surface area contributed by atoms with Crippen LogP contribution in [0.25, 0.3) is 10.1 Å². The van der Waals surface area contributed by atoms with Gasteiger partial charge in [-0.1, -0.05) is 22.0 Å². The Hall–Kier alpha value is -1.92. The lowest BCUT2D eigenvalue weighted by atomic mass is 10.2. The van der Waals surface area contributed by atoms with Crippen LogP contribution in [0.5, 0.6) is 0 Å². The smallest absolute Gasteiger partial charge is 0.263 e. The third-order valence-corrected chi connectivity index (χ3v) is 4.73. The van der Waals surface area contributed by atoms with Gasteiger partial charge in [0.15, 0.2) is 0 Å². The fraction of sp³-hybridized carbons (Fsp3) is 0.0667. The monoisotopic (exact) mass is 361 g/mol. The highest BCUT2D eigenvalue weighted by Crippen LogP contribution is 2.35. The lowest BCUT2D eigenvalue weighted by Crippen LogP contribution is -2.23. The van der Waals surface area contributed by atoms with Gasteiger partial charge in [-0.05, 0) is 30.3 Å². The summed E-state index contributed by atoms with van der Waals surface area (Å²) < 4.78 is 1.94. The summed E-state index contributed by atoms with van der Waals surface area (Å²) in [7, 11) is 0. The third kappa shape index (κ3) is 2.91. The van der Waals surface area contributed by atoms with Crippen molar-refractivity contribution in [2.75, 3.05) is 5.73 Å². The van der Waals surface area contributed by atoms with E-state index >= 15 is 0 Å². The molecule has 0 radical (unpaired) electrons. The fourth-order valence-electron chi connectivity index (χ4n) is 2.01. The number of thiophene rings is 1. The average Bonchev–Trinajstić information content (AvgIpc) is 2.83. The molecule has 0 aliphatic rings. The molecule has 0 atom stereocenters. The molecule has 106 valence electrons. The topological polar surface area (TPSA) is 68.0 Å². The van der Waals surface area contributed by atoms with E-state index in [0.29, 0.717) is 17.1 Å². The Labute approximate surface area is 134 Å². The van der Waals surface area contributed by atoms with Crippen molar-refractivity contribution in [3.8, 4) is 0 Å². The second kappa shape index (κ2) is 5.83. The molecular weight excluding hydrogens is 350 g/mol. The lowest BCUT2D eigenvalue weighted by molar-refractivity contribution is 0.0955. The number of hydrogen-bond acceptors (Lipinski definition) is 4. The minimum Gasteiger partial charge on any atom is -0.397 e. The number of fused-ring (bicyclic) bond motifs is 1. The second-order valence-corrected chi connectivity index (χ2v) is 6.46. The van der Waals surface area contributed by atoms with Crippen molar-refractivity contribution in [3.05, 3.63) is 57.6 Å². The normalized spacial score (nSPS) is 10.7. The van der Waals surface area contributed by atoms with Crippen molar-refractivity contribution < 1.29 is 4.79 Å². The number of carbonyl (C=O) groups is 1. The molecule has 0 fully saturated rings. The molecule has 0 saturated carbocycles. The first-order valence-corrected chi connectivity index (χ1v) is 7.92. The predicted molar refractivity (Wildman–Crippen MR) is 89.3 cm³/mol. The lowest BCUT2D eigenvalue weighted by Gasteiger charge is -2.03. The van der Waals surface area contributed by atoms with Gasteiger partial charge in [-0.2, -0.15) is 0 Å². The maximum Gasteiger partial charge on any atom is 0.263 e. The summed E-state index contributed by atoms with van der Waals surface area (Å²) in [5.74, 6) is -0.171. The van der Waals surface area contributed by atoms with E-state index < -0.39 is 0 Å². The van der Waals surface area contributed by atoms with Crippen LogP contribution >= 0.6 is 27.3 Å². The first kappa shape index (κ1) is 14.0. The van der Waals surface area contributed by atoms with Crippen LogP contribution in [0.3, 0.4) is 0 Å². The van der Waals surface area contributed by atoms with Crippen molar-refractivity contribution in [1.82, 2.24) is 10.3 Å². The number of nitrogen functional groups attached to an aromatic ring is 1. The van der Waals surface area contributed by atoms with Crippen LogP contribution in [-0.4, -0.2) is 10.9 Å². The third-order valence-electron chi connectivity index (χ3n) is 3.05. The van der Waals surface area contributed by atoms with Gasteiger partial charge in [0.1, 0.15) is 4.88 Å². The number of nitrogens with zero attached hydrogens (tertiary/aromatic N) is 1. The summed E-state index contributed by atoms with van der Waals surface area (Å²) in [4.78, 5) is 17.0. The zero-order valence-corrected chi connectivity index (χ0v) is 13.4. The van der Waals surface area contributed by atoms with Crippen molar-refractivity contribution in [3.63, 3.8) is 0 Å². The SMILES string of the molecule is Nc1c(C(=O)NCc2ccccn2)sc2ccc(Br)cc12. The summed E-state index contributed by atoms with van der Waals surface area (Å²) in [5.41, 5.74) is 7.43. The molecule has 4 nitrogen and oxygen atoms in total. The molecule has 0 aliphatic heterocycles. The van der Waals surface area contributed by atoms with Crippen LogP contribution < -0.4 is 11.1 Å². The Bertz CT molecular complexity index is 801. The molecule has 1 aromatic carbocycles. The predicted octanol–water partition coefficient (Wildman–Crippen LogP) is 3.57. The number of aromatic nitrogens is 1. The molecule has 21 heavy (non-hydrogen) atoms. The Morgan fingerprint density at radius 2 is 2.19 bits per heavy atom. The Balaban J connectivity index is 1.83. The summed E-state index contributed by atoms with van der Waals surface area (Å²) in [6, 6.07) is 11.4. The molecule has 3 aromatic rings. The number of rotatable bonds is 3. The number of carbonyl (C=O) groups excluding carboxylic acids is 1. The van der Waals surface area contributed by atoms with E-state index in [9.17, 15) is 4.79 Å². The number of pyridine rings is 1. The zero-order chi connectivity index (χ0) is 14.8. The quantitative estimate of drug-likeness (QED) is 0.749. The number of nitrogens with one attached hydrogen (secondary N) is 1. The number of nitrogens with two attached hydrogens (primary N) is 1. The molecule has 0 spiro atoms. The molecule has 0 saturated heterocycles. The maximum atomic E-state index is 12.3. The van der Waals surface area contributed by atoms with Crippen LogP contribution in [0, 0.1) is 0 Å². The van der Waals surface area contributed by atoms with Crippen molar-refractivity contribution in [2.45, 2.75) is 6.54 Å². The van der Waals surface area contributed by atoms with Crippen LogP contribution in [0.1, 0.15) is 15.4 Å². The van der Waals surface area contributed by atoms with E-state index in [1.54, 1.807) is 6.20 Å². The van der Waals surface area contributed by atoms with Gasteiger partial charge >= 0.3 is 0 Å². The first-order valence-electron chi connectivity index (χ1n) is 6.31. The van der Waals surface area contributed by atoms with Crippen LogP contribution in [-0.2, 0) is 6.54 Å². The van der Waals surface area contributed by atoms with E-state index in [4.69, 9.17) is 5.73 Å². The summed E-state index contributed by atoms with van der Waals surface area (Å²) in [6.45, 7) is 0.386. The number of halogens is 1. The largest absolute Gasteiger partial charge is 0.397 e. The van der Waals surface area contributed by atoms with E-state index in [1.165, 1.54) is 11.3 Å². The molecule has 0 aliphatic carbocycles. The summed E-state index contributed by atoms with van der Waals surface area (Å²) in [6.07, 6.45) is 1.70. The maximum absolute atomic E-state index is 12.3. The Morgan fingerprint density at radius 3 is 2.95 bits per heavy atom. The highest BCUT2D eigenvalue weighted by atomic mass is 79.9. The minimum atomic E-state index is -0.171. The van der Waals surface area contributed by atoms with E-state index in [1.807, 2.05) is 36.4 Å². The van der Waals surface area contributed by atoms with E-state index in [0.717, 1.165) is 20.3 Å². The van der Waals surface area contributed by atoms with Crippen LogP contribution in [0.4, 0.5) is 5.69 Å². The second-order valence-electron chi connectivity index (χ2n) is 4.49. The Morgan fingerprint density at radius 1 is 1.33 bits per heavy atom. The molecule has 1 amide bonds. The van der Waals surface area contributed by atoms with Gasteiger partial charge in [-0.15, -0.1) is 11.3 Å². The molecule has 6 heteroatoms. The summed E-state index contributed by atoms with van der Waals surface area (Å²) in [5, 5.41) is 3.75. The average molecular weight is 362 g/mol. The fourth-order valence-corrected chi connectivity index (χ4v) is 3.39. The van der Waals surface area contributed by atoms with Crippen molar-refractivity contribution in [1.29, 1.82) is 0 Å². The highest BCUT2D eigenvalue weighted by molar-refractivity contribution is 9.10. The molecule has 2 aromatic heterocycles. The number of benzene rings is 1. The summed E-state index contributed by atoms with van der Waals surface area (Å²) >= 11 is 4.81. The zero-order valence-electron chi connectivity index (χ0n) is 11.0. The molecular formula is C15H12BrN3OS. The van der Waals surface area contributed by atoms with Gasteiger partial charge in [-0.25, -0.2) is 0 Å². The van der Waals surface area contributed by atoms with Crippen molar-refractivity contribution in [2.24, 2.45) is 0 Å². The number of anilines is 1. The van der Waals surface area contributed by atoms with Crippen LogP contribution in [0.2, 0.25) is 0 Å². The molecule has 3 N–H and O–H groups in total. The molecule has 0 unspecified atom stereocenters. The molecule has 2 heterocycles. The number of hydrogen-bond donors (Lipinski definition) is 2. The highest BCUT2D eigenvalue weighted by Gasteiger charge is 2.16. The van der Waals surface area contributed by atoms with Crippen molar-refractivity contribution >= 4 is 48.9 Å². The van der Waals surface area contributed by atoms with Gasteiger partial charge in [0.25, 0.3) is 5.91 Å². The van der Waals surface area contributed by atoms with Gasteiger partial charge < -0.3 is 11.1 Å². The molecule has 3 rings (SSSR count). The van der Waals surface area contributed by atoms with Gasteiger partial charge in [0.05, 0.1) is 17.9 Å². The number of amides is 1. The first-order chi connectivity index (χ1) is 10.1.